The molecule has 166 valence electrons. The molecule has 5 nitrogen and oxygen atoms in total. The van der Waals surface area contributed by atoms with E-state index >= 15 is 0 Å². The maximum Gasteiger partial charge on any atom is 0.219 e. The lowest BCUT2D eigenvalue weighted by Crippen LogP contribution is -2.66. The van der Waals surface area contributed by atoms with Gasteiger partial charge in [0.05, 0.1) is 5.60 Å². The number of piperidine rings is 2. The van der Waals surface area contributed by atoms with E-state index in [0.717, 1.165) is 64.0 Å². The molecule has 1 aromatic carbocycles. The molecule has 0 aromatic heterocycles. The maximum atomic E-state index is 13.2. The number of carbonyl (C=O) groups is 1. The first-order valence-corrected chi connectivity index (χ1v) is 11.6. The third-order valence-electron chi connectivity index (χ3n) is 7.83. The predicted molar refractivity (Wildman–Crippen MR) is 117 cm³/mol. The molecule has 0 saturated carbocycles. The van der Waals surface area contributed by atoms with Crippen molar-refractivity contribution in [1.29, 1.82) is 0 Å². The van der Waals surface area contributed by atoms with Gasteiger partial charge in [0.1, 0.15) is 5.82 Å². The second-order valence-electron chi connectivity index (χ2n) is 9.79. The third kappa shape index (κ3) is 4.22. The van der Waals surface area contributed by atoms with E-state index in [-0.39, 0.29) is 23.3 Å². The summed E-state index contributed by atoms with van der Waals surface area (Å²) in [5.74, 6) is -0.0394. The quantitative estimate of drug-likeness (QED) is 0.819. The number of aliphatic hydroxyl groups is 1. The van der Waals surface area contributed by atoms with Crippen LogP contribution in [0.15, 0.2) is 24.3 Å². The van der Waals surface area contributed by atoms with Crippen LogP contribution in [-0.2, 0) is 4.79 Å². The van der Waals surface area contributed by atoms with Gasteiger partial charge in [0, 0.05) is 50.4 Å². The maximum absolute atomic E-state index is 13.2. The number of hydrogen-bond acceptors (Lipinski definition) is 4. The summed E-state index contributed by atoms with van der Waals surface area (Å²) in [4.78, 5) is 19.1. The fourth-order valence-corrected chi connectivity index (χ4v) is 5.98. The molecule has 3 fully saturated rings. The van der Waals surface area contributed by atoms with Gasteiger partial charge in [0.2, 0.25) is 5.91 Å². The number of hydrogen-bond donors (Lipinski definition) is 1. The Kier molecular flexibility index (Phi) is 6.08. The van der Waals surface area contributed by atoms with Crippen LogP contribution in [-0.4, -0.2) is 70.7 Å². The zero-order valence-corrected chi connectivity index (χ0v) is 18.4. The van der Waals surface area contributed by atoms with Crippen molar-refractivity contribution in [2.45, 2.75) is 76.0 Å². The van der Waals surface area contributed by atoms with E-state index in [1.807, 2.05) is 12.1 Å². The average Bonchev–Trinajstić information content (AvgIpc) is 2.88. The third-order valence-corrected chi connectivity index (χ3v) is 7.83. The van der Waals surface area contributed by atoms with Crippen LogP contribution in [0.2, 0.25) is 0 Å². The van der Waals surface area contributed by atoms with Gasteiger partial charge in [-0.05, 0) is 76.3 Å². The number of carbonyl (C=O) groups excluding carboxylic acids is 1. The van der Waals surface area contributed by atoms with Gasteiger partial charge < -0.3 is 14.9 Å². The smallest absolute Gasteiger partial charge is 0.219 e. The van der Waals surface area contributed by atoms with Crippen molar-refractivity contribution in [1.82, 2.24) is 9.80 Å². The first-order chi connectivity index (χ1) is 14.3. The summed E-state index contributed by atoms with van der Waals surface area (Å²) in [7, 11) is 0. The number of likely N-dealkylation sites (tertiary alicyclic amines) is 2. The molecular weight excluding hydrogens is 381 g/mol. The van der Waals surface area contributed by atoms with Crippen LogP contribution in [0.5, 0.6) is 0 Å². The van der Waals surface area contributed by atoms with Gasteiger partial charge in [-0.15, -0.1) is 0 Å². The number of anilines is 1. The zero-order chi connectivity index (χ0) is 21.4. The SMILES string of the molecule is CC(=O)N1CCC[C@@]2(C)[C@@H]1CCCCN2CC1(O)CCN(c2ccc(F)cc2)CC1. The average molecular weight is 418 g/mol. The zero-order valence-electron chi connectivity index (χ0n) is 18.4. The molecule has 0 bridgehead atoms. The van der Waals surface area contributed by atoms with Crippen LogP contribution < -0.4 is 4.90 Å². The van der Waals surface area contributed by atoms with Crippen LogP contribution in [0.4, 0.5) is 10.1 Å². The van der Waals surface area contributed by atoms with E-state index in [1.165, 1.54) is 12.1 Å². The molecule has 3 heterocycles. The summed E-state index contributed by atoms with van der Waals surface area (Å²) in [6.07, 6.45) is 6.84. The molecule has 0 unspecified atom stereocenters. The van der Waals surface area contributed by atoms with Crippen LogP contribution in [0, 0.1) is 5.82 Å². The molecule has 3 aliphatic heterocycles. The van der Waals surface area contributed by atoms with E-state index in [0.29, 0.717) is 19.4 Å². The molecular formula is C24H36FN3O2. The standard InChI is InChI=1S/C24H36FN3O2/c1-19(29)28-15-5-11-23(2)22(28)6-3-4-14-27(23)18-24(30)12-16-26(17-13-24)21-9-7-20(25)8-10-21/h7-10,22,30H,3-6,11-18H2,1-2H3/t22-,23-/m0/s1. The molecule has 3 saturated heterocycles. The highest BCUT2D eigenvalue weighted by atomic mass is 19.1. The number of fused-ring (bicyclic) bond motifs is 1. The molecule has 3 aliphatic rings. The summed E-state index contributed by atoms with van der Waals surface area (Å²) in [6, 6.07) is 6.88. The molecule has 30 heavy (non-hydrogen) atoms. The lowest BCUT2D eigenvalue weighted by molar-refractivity contribution is -0.140. The molecule has 0 radical (unpaired) electrons. The lowest BCUT2D eigenvalue weighted by atomic mass is 9.78. The Morgan fingerprint density at radius 3 is 2.43 bits per heavy atom. The Morgan fingerprint density at radius 1 is 1.07 bits per heavy atom. The highest BCUT2D eigenvalue weighted by Gasteiger charge is 2.49. The van der Waals surface area contributed by atoms with Gasteiger partial charge >= 0.3 is 0 Å². The fourth-order valence-electron chi connectivity index (χ4n) is 5.98. The van der Waals surface area contributed by atoms with Gasteiger partial charge in [0.25, 0.3) is 0 Å². The highest BCUT2D eigenvalue weighted by molar-refractivity contribution is 5.74. The molecule has 0 spiro atoms. The van der Waals surface area contributed by atoms with Crippen LogP contribution in [0.1, 0.15) is 58.8 Å². The van der Waals surface area contributed by atoms with Crippen molar-refractivity contribution in [3.8, 4) is 0 Å². The lowest BCUT2D eigenvalue weighted by Gasteiger charge is -2.54. The number of benzene rings is 1. The normalized spacial score (nSPS) is 29.9. The number of halogens is 1. The first kappa shape index (κ1) is 21.6. The van der Waals surface area contributed by atoms with Crippen molar-refractivity contribution >= 4 is 11.6 Å². The molecule has 1 aromatic rings. The van der Waals surface area contributed by atoms with Gasteiger partial charge in [-0.1, -0.05) is 6.42 Å². The molecule has 0 aliphatic carbocycles. The summed E-state index contributed by atoms with van der Waals surface area (Å²) >= 11 is 0. The van der Waals surface area contributed by atoms with E-state index < -0.39 is 5.60 Å². The van der Waals surface area contributed by atoms with E-state index in [4.69, 9.17) is 0 Å². The van der Waals surface area contributed by atoms with Crippen molar-refractivity contribution in [2.75, 3.05) is 37.6 Å². The Labute approximate surface area is 179 Å². The molecule has 4 rings (SSSR count). The minimum Gasteiger partial charge on any atom is -0.388 e. The van der Waals surface area contributed by atoms with Crippen molar-refractivity contribution in [3.05, 3.63) is 30.1 Å². The highest BCUT2D eigenvalue weighted by Crippen LogP contribution is 2.40. The molecule has 6 heteroatoms. The summed E-state index contributed by atoms with van der Waals surface area (Å²) in [5.41, 5.74) is 0.238. The fraction of sp³-hybridized carbons (Fsp3) is 0.708. The van der Waals surface area contributed by atoms with Gasteiger partial charge in [-0.3, -0.25) is 9.69 Å². The van der Waals surface area contributed by atoms with Crippen LogP contribution >= 0.6 is 0 Å². The minimum atomic E-state index is -0.715. The predicted octanol–water partition coefficient (Wildman–Crippen LogP) is 3.41. The minimum absolute atomic E-state index is 0.0652. The number of nitrogens with zero attached hydrogens (tertiary/aromatic N) is 3. The summed E-state index contributed by atoms with van der Waals surface area (Å²) in [5, 5.41) is 11.5. The van der Waals surface area contributed by atoms with Crippen LogP contribution in [0.25, 0.3) is 0 Å². The van der Waals surface area contributed by atoms with Gasteiger partial charge in [0.15, 0.2) is 0 Å². The topological polar surface area (TPSA) is 47.0 Å². The Morgan fingerprint density at radius 2 is 1.77 bits per heavy atom. The Bertz CT molecular complexity index is 747. The number of amides is 1. The van der Waals surface area contributed by atoms with Gasteiger partial charge in [-0.2, -0.15) is 0 Å². The first-order valence-electron chi connectivity index (χ1n) is 11.6. The molecule has 1 N–H and O–H groups in total. The molecule has 2 atom stereocenters. The van der Waals surface area contributed by atoms with Crippen LogP contribution in [0.3, 0.4) is 0 Å². The Hall–Kier alpha value is -1.66. The van der Waals surface area contributed by atoms with E-state index in [9.17, 15) is 14.3 Å². The number of β-amino-alcohol motifs (C(OH)–C–C–N with tert-alkyl or cyclic N) is 1. The van der Waals surface area contributed by atoms with Crippen molar-refractivity contribution in [2.24, 2.45) is 0 Å². The Balaban J connectivity index is 1.46. The molecule has 1 amide bonds. The van der Waals surface area contributed by atoms with E-state index in [1.54, 1.807) is 6.92 Å². The second-order valence-corrected chi connectivity index (χ2v) is 9.79. The monoisotopic (exact) mass is 417 g/mol. The summed E-state index contributed by atoms with van der Waals surface area (Å²) in [6.45, 7) is 8.08. The second kappa shape index (κ2) is 8.46. The summed E-state index contributed by atoms with van der Waals surface area (Å²) < 4.78 is 13.2. The largest absolute Gasteiger partial charge is 0.388 e. The van der Waals surface area contributed by atoms with Crippen molar-refractivity contribution < 1.29 is 14.3 Å². The van der Waals surface area contributed by atoms with E-state index in [2.05, 4.69) is 21.6 Å². The van der Waals surface area contributed by atoms with Gasteiger partial charge in [-0.25, -0.2) is 4.39 Å². The number of rotatable bonds is 3. The van der Waals surface area contributed by atoms with Crippen molar-refractivity contribution in [3.63, 3.8) is 0 Å².